The zero-order valence-corrected chi connectivity index (χ0v) is 12.3. The van der Waals surface area contributed by atoms with Gasteiger partial charge in [-0.3, -0.25) is 0 Å². The molecule has 0 heterocycles. The summed E-state index contributed by atoms with van der Waals surface area (Å²) in [6, 6.07) is 28.3. The van der Waals surface area contributed by atoms with Crippen LogP contribution in [0.15, 0.2) is 72.8 Å². The average molecular weight is 285 g/mol. The topological polar surface area (TPSA) is 9.23 Å². The molecule has 107 valence electrons. The van der Waals surface area contributed by atoms with Crippen molar-refractivity contribution in [3.63, 3.8) is 0 Å². The van der Waals surface area contributed by atoms with Crippen LogP contribution in [0.1, 0.15) is 23.5 Å². The molecule has 0 saturated carbocycles. The van der Waals surface area contributed by atoms with Crippen LogP contribution in [0.4, 0.5) is 0 Å². The molecule has 1 aliphatic rings. The molecule has 1 radical (unpaired) electrons. The van der Waals surface area contributed by atoms with E-state index in [-0.39, 0.29) is 0 Å². The normalized spacial score (nSPS) is 12.7. The van der Waals surface area contributed by atoms with Gasteiger partial charge in [0.1, 0.15) is 5.75 Å². The van der Waals surface area contributed by atoms with Crippen LogP contribution in [-0.4, -0.2) is 6.61 Å². The van der Waals surface area contributed by atoms with E-state index in [0.29, 0.717) is 12.5 Å². The number of hydrogen-bond donors (Lipinski definition) is 0. The van der Waals surface area contributed by atoms with Gasteiger partial charge in [-0.05, 0) is 34.7 Å². The molecule has 0 N–H and O–H groups in total. The number of ether oxygens (including phenoxy) is 1. The Morgan fingerprint density at radius 2 is 1.41 bits per heavy atom. The van der Waals surface area contributed by atoms with E-state index in [1.807, 2.05) is 24.3 Å². The van der Waals surface area contributed by atoms with Gasteiger partial charge in [-0.25, -0.2) is 0 Å². The highest BCUT2D eigenvalue weighted by Crippen LogP contribution is 2.45. The van der Waals surface area contributed by atoms with E-state index < -0.39 is 0 Å². The minimum absolute atomic E-state index is 0.427. The second kappa shape index (κ2) is 5.69. The van der Waals surface area contributed by atoms with Crippen molar-refractivity contribution in [1.29, 1.82) is 0 Å². The Hall–Kier alpha value is -2.54. The van der Waals surface area contributed by atoms with Gasteiger partial charge in [0, 0.05) is 12.0 Å². The zero-order valence-electron chi connectivity index (χ0n) is 12.3. The third-order valence-corrected chi connectivity index (χ3v) is 4.31. The summed E-state index contributed by atoms with van der Waals surface area (Å²) in [6.45, 7) is 0.702. The van der Waals surface area contributed by atoms with Gasteiger partial charge in [0.2, 0.25) is 0 Å². The van der Waals surface area contributed by atoms with Crippen molar-refractivity contribution in [3.8, 4) is 16.9 Å². The Morgan fingerprint density at radius 3 is 2.05 bits per heavy atom. The summed E-state index contributed by atoms with van der Waals surface area (Å²) >= 11 is 0. The molecule has 0 amide bonds. The molecule has 1 aliphatic carbocycles. The van der Waals surface area contributed by atoms with E-state index in [0.717, 1.165) is 12.2 Å². The first-order chi connectivity index (χ1) is 10.9. The van der Waals surface area contributed by atoms with Crippen molar-refractivity contribution in [3.05, 3.63) is 90.0 Å². The molecule has 3 aromatic rings. The number of para-hydroxylation sites is 1. The second-order valence-corrected chi connectivity index (χ2v) is 5.59. The van der Waals surface area contributed by atoms with Gasteiger partial charge in [-0.2, -0.15) is 0 Å². The quantitative estimate of drug-likeness (QED) is 0.650. The Kier molecular flexibility index (Phi) is 3.40. The van der Waals surface area contributed by atoms with Gasteiger partial charge in [-0.1, -0.05) is 66.7 Å². The lowest BCUT2D eigenvalue weighted by Crippen LogP contribution is -2.05. The van der Waals surface area contributed by atoms with Crippen LogP contribution < -0.4 is 4.74 Å². The van der Waals surface area contributed by atoms with E-state index in [4.69, 9.17) is 4.74 Å². The van der Waals surface area contributed by atoms with E-state index in [1.54, 1.807) is 0 Å². The smallest absolute Gasteiger partial charge is 0.127 e. The van der Waals surface area contributed by atoms with Crippen LogP contribution in [0.2, 0.25) is 0 Å². The molecule has 4 rings (SSSR count). The summed E-state index contributed by atoms with van der Waals surface area (Å²) in [7, 11) is 0. The Balaban J connectivity index is 1.57. The van der Waals surface area contributed by atoms with Crippen LogP contribution in [0.5, 0.6) is 5.75 Å². The fraction of sp³-hybridized carbons (Fsp3) is 0.143. The SMILES string of the molecule is [c]1ccccc1OCCC1c2ccccc2-c2ccccc21. The van der Waals surface area contributed by atoms with Crippen molar-refractivity contribution in [2.75, 3.05) is 6.61 Å². The standard InChI is InChI=1S/C21H17O/c1-2-8-16(9-3-1)22-15-14-21-19-12-6-4-10-17(19)18-11-5-7-13-20(18)21/h1-8,10-13,21H,14-15H2. The molecule has 0 bridgehead atoms. The summed E-state index contributed by atoms with van der Waals surface area (Å²) in [6.07, 6.45) is 0.983. The highest BCUT2D eigenvalue weighted by atomic mass is 16.5. The maximum Gasteiger partial charge on any atom is 0.127 e. The zero-order chi connectivity index (χ0) is 14.8. The van der Waals surface area contributed by atoms with Crippen LogP contribution in [0.25, 0.3) is 11.1 Å². The first-order valence-corrected chi connectivity index (χ1v) is 7.71. The number of hydrogen-bond acceptors (Lipinski definition) is 1. The molecule has 0 aromatic heterocycles. The first kappa shape index (κ1) is 13.1. The van der Waals surface area contributed by atoms with Gasteiger partial charge < -0.3 is 4.74 Å². The van der Waals surface area contributed by atoms with Crippen molar-refractivity contribution < 1.29 is 4.74 Å². The molecular formula is C21H17O. The number of fused-ring (bicyclic) bond motifs is 3. The van der Waals surface area contributed by atoms with Crippen LogP contribution in [-0.2, 0) is 0 Å². The van der Waals surface area contributed by atoms with E-state index >= 15 is 0 Å². The van der Waals surface area contributed by atoms with Crippen molar-refractivity contribution in [2.45, 2.75) is 12.3 Å². The first-order valence-electron chi connectivity index (χ1n) is 7.71. The average Bonchev–Trinajstić information content (AvgIpc) is 2.91. The molecule has 22 heavy (non-hydrogen) atoms. The number of benzene rings is 3. The van der Waals surface area contributed by atoms with Crippen molar-refractivity contribution in [1.82, 2.24) is 0 Å². The third-order valence-electron chi connectivity index (χ3n) is 4.31. The van der Waals surface area contributed by atoms with Crippen LogP contribution in [0, 0.1) is 6.07 Å². The molecule has 0 unspecified atom stereocenters. The minimum atomic E-state index is 0.427. The summed E-state index contributed by atoms with van der Waals surface area (Å²) in [5.74, 6) is 1.25. The lowest BCUT2D eigenvalue weighted by Gasteiger charge is -2.14. The maximum atomic E-state index is 5.84. The Labute approximate surface area is 131 Å². The molecule has 0 atom stereocenters. The highest BCUT2D eigenvalue weighted by Gasteiger charge is 2.27. The van der Waals surface area contributed by atoms with Crippen LogP contribution >= 0.6 is 0 Å². The fourth-order valence-electron chi connectivity index (χ4n) is 3.32. The summed E-state index contributed by atoms with van der Waals surface area (Å²) in [5.41, 5.74) is 5.58. The Morgan fingerprint density at radius 1 is 0.773 bits per heavy atom. The maximum absolute atomic E-state index is 5.84. The fourth-order valence-corrected chi connectivity index (χ4v) is 3.32. The van der Waals surface area contributed by atoms with E-state index in [1.165, 1.54) is 22.3 Å². The van der Waals surface area contributed by atoms with E-state index in [2.05, 4.69) is 54.6 Å². The monoisotopic (exact) mass is 285 g/mol. The molecule has 0 spiro atoms. The van der Waals surface area contributed by atoms with E-state index in [9.17, 15) is 0 Å². The van der Waals surface area contributed by atoms with Gasteiger partial charge in [-0.15, -0.1) is 0 Å². The largest absolute Gasteiger partial charge is 0.493 e. The van der Waals surface area contributed by atoms with Gasteiger partial charge >= 0.3 is 0 Å². The van der Waals surface area contributed by atoms with Gasteiger partial charge in [0.05, 0.1) is 6.61 Å². The van der Waals surface area contributed by atoms with Crippen LogP contribution in [0.3, 0.4) is 0 Å². The summed E-state index contributed by atoms with van der Waals surface area (Å²) in [4.78, 5) is 0. The van der Waals surface area contributed by atoms with Crippen molar-refractivity contribution >= 4 is 0 Å². The second-order valence-electron chi connectivity index (χ2n) is 5.59. The summed E-state index contributed by atoms with van der Waals surface area (Å²) in [5, 5.41) is 0. The number of rotatable bonds is 4. The Bertz CT molecular complexity index is 731. The summed E-state index contributed by atoms with van der Waals surface area (Å²) < 4.78 is 5.84. The molecule has 0 fully saturated rings. The molecule has 0 aliphatic heterocycles. The lowest BCUT2D eigenvalue weighted by molar-refractivity contribution is 0.304. The van der Waals surface area contributed by atoms with Gasteiger partial charge in [0.15, 0.2) is 0 Å². The third kappa shape index (κ3) is 2.29. The molecular weight excluding hydrogens is 268 g/mol. The molecule has 3 aromatic carbocycles. The van der Waals surface area contributed by atoms with Gasteiger partial charge in [0.25, 0.3) is 0 Å². The predicted octanol–water partition coefficient (Wildman–Crippen LogP) is 5.07. The lowest BCUT2D eigenvalue weighted by atomic mass is 9.94. The van der Waals surface area contributed by atoms with Crippen molar-refractivity contribution in [2.24, 2.45) is 0 Å². The highest BCUT2D eigenvalue weighted by molar-refractivity contribution is 5.78. The predicted molar refractivity (Wildman–Crippen MR) is 89.1 cm³/mol. The molecule has 1 heteroatoms. The molecule has 0 saturated heterocycles. The molecule has 1 nitrogen and oxygen atoms in total. The minimum Gasteiger partial charge on any atom is -0.493 e.